The number of rotatable bonds is 3. The van der Waals surface area contributed by atoms with Gasteiger partial charge < -0.3 is 4.52 Å². The molecule has 1 N–H and O–H groups in total. The first-order valence-corrected chi connectivity index (χ1v) is 3.94. The summed E-state index contributed by atoms with van der Waals surface area (Å²) in [5, 5.41) is 5.77. The van der Waals surface area contributed by atoms with Crippen LogP contribution in [-0.2, 0) is 6.54 Å². The third-order valence-corrected chi connectivity index (χ3v) is 1.75. The van der Waals surface area contributed by atoms with Gasteiger partial charge >= 0.3 is 0 Å². The number of aryl methyl sites for hydroxylation is 2. The van der Waals surface area contributed by atoms with Crippen molar-refractivity contribution in [1.82, 2.24) is 15.6 Å². The van der Waals surface area contributed by atoms with Crippen molar-refractivity contribution in [3.63, 3.8) is 0 Å². The predicted octanol–water partition coefficient (Wildman–Crippen LogP) is 0.858. The van der Waals surface area contributed by atoms with Gasteiger partial charge in [0.25, 0.3) is 0 Å². The zero-order valence-corrected chi connectivity index (χ0v) is 8.01. The Labute approximate surface area is 72.5 Å². The molecule has 12 heavy (non-hydrogen) atoms. The highest BCUT2D eigenvalue weighted by atomic mass is 16.5. The molecule has 0 aliphatic rings. The molecule has 0 aromatic carbocycles. The fourth-order valence-electron chi connectivity index (χ4n) is 0.991. The lowest BCUT2D eigenvalue weighted by Crippen LogP contribution is -2.29. The highest BCUT2D eigenvalue weighted by molar-refractivity contribution is 5.20. The van der Waals surface area contributed by atoms with Gasteiger partial charge in [0.15, 0.2) is 0 Å². The number of hydrogen-bond acceptors (Lipinski definition) is 4. The first-order chi connectivity index (χ1) is 5.61. The fourth-order valence-corrected chi connectivity index (χ4v) is 0.991. The molecule has 1 rings (SSSR count). The molecule has 0 spiro atoms. The SMILES string of the molecule is Cc1noc(C)c1CNN(C)C. The van der Waals surface area contributed by atoms with E-state index in [9.17, 15) is 0 Å². The molecule has 68 valence electrons. The summed E-state index contributed by atoms with van der Waals surface area (Å²) >= 11 is 0. The molecule has 4 heteroatoms. The molecule has 0 bridgehead atoms. The Bertz CT molecular complexity index is 235. The van der Waals surface area contributed by atoms with Crippen molar-refractivity contribution >= 4 is 0 Å². The minimum atomic E-state index is 0.772. The molecular formula is C8H15N3O. The number of nitrogens with one attached hydrogen (secondary N) is 1. The van der Waals surface area contributed by atoms with E-state index in [0.717, 1.165) is 23.6 Å². The Morgan fingerprint density at radius 2 is 2.08 bits per heavy atom. The highest BCUT2D eigenvalue weighted by Crippen LogP contribution is 2.11. The van der Waals surface area contributed by atoms with E-state index in [2.05, 4.69) is 10.6 Å². The molecule has 0 unspecified atom stereocenters. The molecule has 0 atom stereocenters. The topological polar surface area (TPSA) is 41.3 Å². The van der Waals surface area contributed by atoms with Crippen LogP contribution in [0.1, 0.15) is 17.0 Å². The Kier molecular flexibility index (Phi) is 2.83. The molecule has 4 nitrogen and oxygen atoms in total. The van der Waals surface area contributed by atoms with E-state index in [0.29, 0.717) is 0 Å². The molecule has 1 aromatic heterocycles. The summed E-state index contributed by atoms with van der Waals surface area (Å²) in [6.45, 7) is 4.64. The normalized spacial score (nSPS) is 11.1. The lowest BCUT2D eigenvalue weighted by Gasteiger charge is -2.10. The standard InChI is InChI=1S/C8H15N3O/c1-6-8(5-9-11(3)4)7(2)12-10-6/h9H,5H2,1-4H3. The van der Waals surface area contributed by atoms with Crippen LogP contribution in [0.4, 0.5) is 0 Å². The van der Waals surface area contributed by atoms with Gasteiger partial charge in [-0.15, -0.1) is 0 Å². The number of hydrogen-bond donors (Lipinski definition) is 1. The van der Waals surface area contributed by atoms with Crippen molar-refractivity contribution in [1.29, 1.82) is 0 Å². The van der Waals surface area contributed by atoms with Crippen molar-refractivity contribution in [3.8, 4) is 0 Å². The van der Waals surface area contributed by atoms with E-state index < -0.39 is 0 Å². The van der Waals surface area contributed by atoms with E-state index in [4.69, 9.17) is 4.52 Å². The van der Waals surface area contributed by atoms with E-state index in [-0.39, 0.29) is 0 Å². The van der Waals surface area contributed by atoms with Gasteiger partial charge in [-0.25, -0.2) is 0 Å². The summed E-state index contributed by atoms with van der Waals surface area (Å²) in [5.41, 5.74) is 5.27. The molecule has 0 aliphatic heterocycles. The van der Waals surface area contributed by atoms with E-state index >= 15 is 0 Å². The zero-order valence-electron chi connectivity index (χ0n) is 8.01. The van der Waals surface area contributed by atoms with Crippen molar-refractivity contribution in [3.05, 3.63) is 17.0 Å². The highest BCUT2D eigenvalue weighted by Gasteiger charge is 2.07. The molecule has 1 aromatic rings. The van der Waals surface area contributed by atoms with Gasteiger partial charge in [0.1, 0.15) is 5.76 Å². The fraction of sp³-hybridized carbons (Fsp3) is 0.625. The number of aromatic nitrogens is 1. The van der Waals surface area contributed by atoms with Crippen molar-refractivity contribution < 1.29 is 4.52 Å². The van der Waals surface area contributed by atoms with Crippen molar-refractivity contribution in [2.24, 2.45) is 0 Å². The lowest BCUT2D eigenvalue weighted by molar-refractivity contribution is 0.284. The van der Waals surface area contributed by atoms with Crippen LogP contribution in [-0.4, -0.2) is 24.3 Å². The van der Waals surface area contributed by atoms with Crippen LogP contribution in [0.15, 0.2) is 4.52 Å². The second kappa shape index (κ2) is 3.69. The second-order valence-corrected chi connectivity index (χ2v) is 3.03. The maximum absolute atomic E-state index is 5.02. The first-order valence-electron chi connectivity index (χ1n) is 3.94. The minimum Gasteiger partial charge on any atom is -0.361 e. The third-order valence-electron chi connectivity index (χ3n) is 1.75. The third kappa shape index (κ3) is 2.06. The average molecular weight is 169 g/mol. The second-order valence-electron chi connectivity index (χ2n) is 3.03. The molecule has 0 amide bonds. The van der Waals surface area contributed by atoms with Gasteiger partial charge in [-0.3, -0.25) is 10.4 Å². The lowest BCUT2D eigenvalue weighted by atomic mass is 10.2. The van der Waals surface area contributed by atoms with Crippen molar-refractivity contribution in [2.45, 2.75) is 20.4 Å². The average Bonchev–Trinajstić information content (AvgIpc) is 2.28. The molecule has 0 aliphatic carbocycles. The van der Waals surface area contributed by atoms with Gasteiger partial charge in [-0.1, -0.05) is 5.16 Å². The largest absolute Gasteiger partial charge is 0.361 e. The summed E-state index contributed by atoms with van der Waals surface area (Å²) < 4.78 is 5.02. The van der Waals surface area contributed by atoms with Crippen LogP contribution in [0.25, 0.3) is 0 Å². The molecule has 0 saturated carbocycles. The molecule has 0 radical (unpaired) electrons. The predicted molar refractivity (Wildman–Crippen MR) is 46.5 cm³/mol. The Morgan fingerprint density at radius 1 is 1.42 bits per heavy atom. The van der Waals surface area contributed by atoms with E-state index in [1.54, 1.807) is 0 Å². The quantitative estimate of drug-likeness (QED) is 0.681. The van der Waals surface area contributed by atoms with Gasteiger partial charge in [0.05, 0.1) is 5.69 Å². The summed E-state index contributed by atoms with van der Waals surface area (Å²) in [4.78, 5) is 0. The summed E-state index contributed by atoms with van der Waals surface area (Å²) in [5.74, 6) is 0.891. The Balaban J connectivity index is 2.62. The van der Waals surface area contributed by atoms with Gasteiger partial charge in [0.2, 0.25) is 0 Å². The van der Waals surface area contributed by atoms with Gasteiger partial charge in [-0.2, -0.15) is 0 Å². The zero-order chi connectivity index (χ0) is 9.14. The summed E-state index contributed by atoms with van der Waals surface area (Å²) in [6.07, 6.45) is 0. The maximum atomic E-state index is 5.02. The molecule has 0 fully saturated rings. The smallest absolute Gasteiger partial charge is 0.138 e. The monoisotopic (exact) mass is 169 g/mol. The van der Waals surface area contributed by atoms with Crippen LogP contribution in [0.3, 0.4) is 0 Å². The maximum Gasteiger partial charge on any atom is 0.138 e. The Morgan fingerprint density at radius 3 is 2.50 bits per heavy atom. The van der Waals surface area contributed by atoms with Crippen LogP contribution in [0.5, 0.6) is 0 Å². The first kappa shape index (κ1) is 9.22. The van der Waals surface area contributed by atoms with Crippen LogP contribution < -0.4 is 5.43 Å². The Hall–Kier alpha value is -0.870. The summed E-state index contributed by atoms with van der Waals surface area (Å²) in [7, 11) is 3.91. The molecule has 1 heterocycles. The number of nitrogens with zero attached hydrogens (tertiary/aromatic N) is 2. The molecular weight excluding hydrogens is 154 g/mol. The number of hydrazine groups is 1. The minimum absolute atomic E-state index is 0.772. The van der Waals surface area contributed by atoms with Crippen LogP contribution in [0.2, 0.25) is 0 Å². The van der Waals surface area contributed by atoms with Gasteiger partial charge in [-0.05, 0) is 13.8 Å². The summed E-state index contributed by atoms with van der Waals surface area (Å²) in [6, 6.07) is 0. The van der Waals surface area contributed by atoms with Crippen LogP contribution >= 0.6 is 0 Å². The van der Waals surface area contributed by atoms with E-state index in [1.807, 2.05) is 33.0 Å². The van der Waals surface area contributed by atoms with Crippen molar-refractivity contribution in [2.75, 3.05) is 14.1 Å². The van der Waals surface area contributed by atoms with Crippen LogP contribution in [0, 0.1) is 13.8 Å². The molecule has 0 saturated heterocycles. The van der Waals surface area contributed by atoms with E-state index in [1.165, 1.54) is 0 Å². The van der Waals surface area contributed by atoms with Gasteiger partial charge in [0, 0.05) is 26.2 Å².